The molecule has 2 N–H and O–H groups in total. The third-order valence-corrected chi connectivity index (χ3v) is 4.20. The molecule has 0 radical (unpaired) electrons. The summed E-state index contributed by atoms with van der Waals surface area (Å²) in [4.78, 5) is 2.50. The van der Waals surface area contributed by atoms with Crippen molar-refractivity contribution in [1.29, 1.82) is 5.26 Å². The molecular formula is C17H25N3. The maximum absolute atomic E-state index is 8.99. The maximum atomic E-state index is 8.99. The molecule has 1 aliphatic rings. The van der Waals surface area contributed by atoms with Crippen molar-refractivity contribution in [2.45, 2.75) is 52.0 Å². The molecule has 0 unspecified atom stereocenters. The van der Waals surface area contributed by atoms with Gasteiger partial charge in [0.05, 0.1) is 11.3 Å². The number of anilines is 2. The van der Waals surface area contributed by atoms with Crippen molar-refractivity contribution in [2.24, 2.45) is 5.92 Å². The SMILES string of the molecule is CC(C)CCN(c1ccc(C#N)c(N)c1)C1CCCC1. The highest BCUT2D eigenvalue weighted by Crippen LogP contribution is 2.30. The van der Waals surface area contributed by atoms with Gasteiger partial charge in [-0.2, -0.15) is 5.26 Å². The Kier molecular flexibility index (Phi) is 4.89. The fourth-order valence-electron chi connectivity index (χ4n) is 2.97. The number of benzene rings is 1. The van der Waals surface area contributed by atoms with Crippen LogP contribution >= 0.6 is 0 Å². The van der Waals surface area contributed by atoms with Gasteiger partial charge in [-0.05, 0) is 43.4 Å². The van der Waals surface area contributed by atoms with Gasteiger partial charge in [-0.1, -0.05) is 26.7 Å². The van der Waals surface area contributed by atoms with E-state index in [1.807, 2.05) is 18.2 Å². The second kappa shape index (κ2) is 6.65. The summed E-state index contributed by atoms with van der Waals surface area (Å²) in [6, 6.07) is 8.65. The molecule has 0 atom stereocenters. The zero-order valence-electron chi connectivity index (χ0n) is 12.6. The van der Waals surface area contributed by atoms with Gasteiger partial charge in [-0.25, -0.2) is 0 Å². The lowest BCUT2D eigenvalue weighted by Gasteiger charge is -2.32. The molecule has 3 nitrogen and oxygen atoms in total. The van der Waals surface area contributed by atoms with Crippen LogP contribution in [-0.4, -0.2) is 12.6 Å². The predicted octanol–water partition coefficient (Wildman–Crippen LogP) is 3.94. The molecule has 1 aromatic carbocycles. The van der Waals surface area contributed by atoms with Crippen LogP contribution in [0.2, 0.25) is 0 Å². The van der Waals surface area contributed by atoms with E-state index in [4.69, 9.17) is 11.0 Å². The summed E-state index contributed by atoms with van der Waals surface area (Å²) < 4.78 is 0. The number of nitrogens with zero attached hydrogens (tertiary/aromatic N) is 2. The summed E-state index contributed by atoms with van der Waals surface area (Å²) in [7, 11) is 0. The molecule has 3 heteroatoms. The van der Waals surface area contributed by atoms with Crippen LogP contribution in [0.4, 0.5) is 11.4 Å². The van der Waals surface area contributed by atoms with Crippen LogP contribution in [0.1, 0.15) is 51.5 Å². The minimum absolute atomic E-state index is 0.573. The first-order valence-electron chi connectivity index (χ1n) is 7.68. The lowest BCUT2D eigenvalue weighted by Crippen LogP contribution is -2.34. The minimum Gasteiger partial charge on any atom is -0.398 e. The van der Waals surface area contributed by atoms with Crippen LogP contribution in [0.15, 0.2) is 18.2 Å². The Morgan fingerprint density at radius 1 is 1.35 bits per heavy atom. The zero-order valence-corrected chi connectivity index (χ0v) is 12.6. The number of hydrogen-bond acceptors (Lipinski definition) is 3. The van der Waals surface area contributed by atoms with Gasteiger partial charge in [0, 0.05) is 18.3 Å². The average molecular weight is 271 g/mol. The quantitative estimate of drug-likeness (QED) is 0.825. The van der Waals surface area contributed by atoms with Crippen LogP contribution in [-0.2, 0) is 0 Å². The van der Waals surface area contributed by atoms with Crippen LogP contribution in [0, 0.1) is 17.2 Å². The topological polar surface area (TPSA) is 53.0 Å². The third-order valence-electron chi connectivity index (χ3n) is 4.20. The Morgan fingerprint density at radius 2 is 2.05 bits per heavy atom. The first-order valence-corrected chi connectivity index (χ1v) is 7.68. The van der Waals surface area contributed by atoms with E-state index in [0.717, 1.165) is 6.54 Å². The summed E-state index contributed by atoms with van der Waals surface area (Å²) in [5, 5.41) is 8.99. The highest BCUT2D eigenvalue weighted by molar-refractivity contribution is 5.64. The Bertz CT molecular complexity index is 481. The highest BCUT2D eigenvalue weighted by atomic mass is 15.2. The van der Waals surface area contributed by atoms with Crippen molar-refractivity contribution < 1.29 is 0 Å². The van der Waals surface area contributed by atoms with E-state index in [0.29, 0.717) is 23.2 Å². The van der Waals surface area contributed by atoms with Crippen LogP contribution in [0.5, 0.6) is 0 Å². The number of rotatable bonds is 5. The molecule has 0 bridgehead atoms. The van der Waals surface area contributed by atoms with Gasteiger partial charge in [0.2, 0.25) is 0 Å². The molecule has 1 fully saturated rings. The predicted molar refractivity (Wildman–Crippen MR) is 84.6 cm³/mol. The van der Waals surface area contributed by atoms with E-state index < -0.39 is 0 Å². The van der Waals surface area contributed by atoms with Gasteiger partial charge in [0.1, 0.15) is 6.07 Å². The van der Waals surface area contributed by atoms with Crippen molar-refractivity contribution in [1.82, 2.24) is 0 Å². The smallest absolute Gasteiger partial charge is 0.101 e. The number of hydrogen-bond donors (Lipinski definition) is 1. The monoisotopic (exact) mass is 271 g/mol. The second-order valence-electron chi connectivity index (χ2n) is 6.20. The first kappa shape index (κ1) is 14.7. The summed E-state index contributed by atoms with van der Waals surface area (Å²) in [6.07, 6.45) is 6.40. The Labute approximate surface area is 122 Å². The summed E-state index contributed by atoms with van der Waals surface area (Å²) in [6.45, 7) is 5.60. The molecule has 0 aromatic heterocycles. The fourth-order valence-corrected chi connectivity index (χ4v) is 2.97. The lowest BCUT2D eigenvalue weighted by molar-refractivity contribution is 0.528. The molecule has 1 aliphatic carbocycles. The van der Waals surface area contributed by atoms with E-state index in [9.17, 15) is 0 Å². The molecule has 1 saturated carbocycles. The molecule has 108 valence electrons. The summed E-state index contributed by atoms with van der Waals surface area (Å²) >= 11 is 0. The molecule has 0 spiro atoms. The molecule has 0 amide bonds. The largest absolute Gasteiger partial charge is 0.398 e. The van der Waals surface area contributed by atoms with E-state index in [2.05, 4.69) is 24.8 Å². The van der Waals surface area contributed by atoms with E-state index in [1.165, 1.54) is 37.8 Å². The molecule has 0 heterocycles. The second-order valence-corrected chi connectivity index (χ2v) is 6.20. The van der Waals surface area contributed by atoms with Gasteiger partial charge < -0.3 is 10.6 Å². The van der Waals surface area contributed by atoms with Gasteiger partial charge in [0.15, 0.2) is 0 Å². The highest BCUT2D eigenvalue weighted by Gasteiger charge is 2.23. The van der Waals surface area contributed by atoms with E-state index in [1.54, 1.807) is 0 Å². The molecule has 0 aliphatic heterocycles. The van der Waals surface area contributed by atoms with Crippen LogP contribution in [0.3, 0.4) is 0 Å². The van der Waals surface area contributed by atoms with Gasteiger partial charge in [-0.3, -0.25) is 0 Å². The molecule has 0 saturated heterocycles. The van der Waals surface area contributed by atoms with Crippen LogP contribution in [0.25, 0.3) is 0 Å². The van der Waals surface area contributed by atoms with Crippen molar-refractivity contribution in [3.05, 3.63) is 23.8 Å². The summed E-state index contributed by atoms with van der Waals surface area (Å²) in [5.74, 6) is 0.703. The lowest BCUT2D eigenvalue weighted by atomic mass is 10.1. The standard InChI is InChI=1S/C17H25N3/c1-13(2)9-10-20(15-5-3-4-6-15)16-8-7-14(12-18)17(19)11-16/h7-8,11,13,15H,3-6,9-10,19H2,1-2H3. The fraction of sp³-hybridized carbons (Fsp3) is 0.588. The number of nitrogen functional groups attached to an aromatic ring is 1. The minimum atomic E-state index is 0.573. The van der Waals surface area contributed by atoms with E-state index >= 15 is 0 Å². The average Bonchev–Trinajstić information content (AvgIpc) is 2.93. The normalized spacial score (nSPS) is 15.5. The Balaban J connectivity index is 2.20. The molecule has 1 aromatic rings. The van der Waals surface area contributed by atoms with Crippen molar-refractivity contribution in [2.75, 3.05) is 17.2 Å². The Hall–Kier alpha value is -1.69. The Morgan fingerprint density at radius 3 is 2.60 bits per heavy atom. The van der Waals surface area contributed by atoms with Gasteiger partial charge >= 0.3 is 0 Å². The zero-order chi connectivity index (χ0) is 14.5. The van der Waals surface area contributed by atoms with E-state index in [-0.39, 0.29) is 0 Å². The number of nitriles is 1. The molecular weight excluding hydrogens is 246 g/mol. The van der Waals surface area contributed by atoms with Gasteiger partial charge in [0.25, 0.3) is 0 Å². The first-order chi connectivity index (χ1) is 9.61. The maximum Gasteiger partial charge on any atom is 0.101 e. The molecule has 20 heavy (non-hydrogen) atoms. The van der Waals surface area contributed by atoms with Crippen molar-refractivity contribution in [3.8, 4) is 6.07 Å². The third kappa shape index (κ3) is 3.45. The van der Waals surface area contributed by atoms with Crippen molar-refractivity contribution >= 4 is 11.4 Å². The summed E-state index contributed by atoms with van der Waals surface area (Å²) in [5.41, 5.74) is 8.32. The molecule has 2 rings (SSSR count). The van der Waals surface area contributed by atoms with Gasteiger partial charge in [-0.15, -0.1) is 0 Å². The van der Waals surface area contributed by atoms with Crippen LogP contribution < -0.4 is 10.6 Å². The van der Waals surface area contributed by atoms with Crippen molar-refractivity contribution in [3.63, 3.8) is 0 Å². The number of nitrogens with two attached hydrogens (primary N) is 1.